The summed E-state index contributed by atoms with van der Waals surface area (Å²) in [7, 11) is 0. The number of aromatic nitrogens is 4. The molecule has 5 rings (SSSR count). The molecule has 0 spiro atoms. The van der Waals surface area contributed by atoms with Crippen LogP contribution in [-0.2, 0) is 12.3 Å². The molecule has 4 aromatic rings. The Kier molecular flexibility index (Phi) is 5.04. The molecule has 1 aliphatic heterocycles. The Hall–Kier alpha value is -3.06. The van der Waals surface area contributed by atoms with E-state index in [-0.39, 0.29) is 0 Å². The summed E-state index contributed by atoms with van der Waals surface area (Å²) >= 11 is 1.66. The predicted molar refractivity (Wildman–Crippen MR) is 118 cm³/mol. The lowest BCUT2D eigenvalue weighted by Crippen LogP contribution is -2.15. The third-order valence-corrected chi connectivity index (χ3v) is 6.13. The SMILES string of the molecule is CCn1c(-c2ccc3c(c2)OCCO3)cnc1SCc1nc(C)c2ccccc2n1. The van der Waals surface area contributed by atoms with Gasteiger partial charge in [-0.15, -0.1) is 0 Å². The Morgan fingerprint density at radius 3 is 2.73 bits per heavy atom. The maximum atomic E-state index is 5.74. The molecule has 1 aliphatic rings. The van der Waals surface area contributed by atoms with Crippen LogP contribution in [0.25, 0.3) is 22.2 Å². The molecule has 0 aliphatic carbocycles. The highest BCUT2D eigenvalue weighted by atomic mass is 32.2. The summed E-state index contributed by atoms with van der Waals surface area (Å²) in [5.41, 5.74) is 4.12. The Morgan fingerprint density at radius 1 is 1.03 bits per heavy atom. The van der Waals surface area contributed by atoms with Gasteiger partial charge in [0.05, 0.1) is 23.2 Å². The van der Waals surface area contributed by atoms with Gasteiger partial charge in [-0.05, 0) is 38.1 Å². The minimum Gasteiger partial charge on any atom is -0.486 e. The first-order chi connectivity index (χ1) is 14.7. The number of hydrogen-bond acceptors (Lipinski definition) is 6. The zero-order chi connectivity index (χ0) is 20.5. The second-order valence-corrected chi connectivity index (χ2v) is 8.00. The van der Waals surface area contributed by atoms with Crippen LogP contribution in [0.2, 0.25) is 0 Å². The molecule has 0 unspecified atom stereocenters. The Labute approximate surface area is 179 Å². The average molecular weight is 419 g/mol. The molecular formula is C23H22N4O2S. The van der Waals surface area contributed by atoms with E-state index in [1.807, 2.05) is 43.5 Å². The number of nitrogens with zero attached hydrogens (tertiary/aromatic N) is 4. The molecule has 0 amide bonds. The van der Waals surface area contributed by atoms with Crippen molar-refractivity contribution >= 4 is 22.7 Å². The smallest absolute Gasteiger partial charge is 0.168 e. The van der Waals surface area contributed by atoms with Crippen LogP contribution in [-0.4, -0.2) is 32.7 Å². The topological polar surface area (TPSA) is 62.1 Å². The van der Waals surface area contributed by atoms with Crippen LogP contribution in [0.15, 0.2) is 53.8 Å². The number of aryl methyl sites for hydroxylation is 1. The second-order valence-electron chi connectivity index (χ2n) is 7.06. The van der Waals surface area contributed by atoms with E-state index >= 15 is 0 Å². The molecule has 0 atom stereocenters. The second kappa shape index (κ2) is 7.99. The van der Waals surface area contributed by atoms with Crippen LogP contribution in [0.3, 0.4) is 0 Å². The first-order valence-corrected chi connectivity index (χ1v) is 11.0. The maximum Gasteiger partial charge on any atom is 0.168 e. The summed E-state index contributed by atoms with van der Waals surface area (Å²) in [6.07, 6.45) is 1.92. The van der Waals surface area contributed by atoms with Crippen molar-refractivity contribution in [3.63, 3.8) is 0 Å². The fourth-order valence-electron chi connectivity index (χ4n) is 3.70. The minimum atomic E-state index is 0.579. The third-order valence-electron chi connectivity index (χ3n) is 5.14. The van der Waals surface area contributed by atoms with E-state index in [1.54, 1.807) is 11.8 Å². The molecule has 2 aromatic heterocycles. The predicted octanol–water partition coefficient (Wildman–Crippen LogP) is 4.89. The van der Waals surface area contributed by atoms with Crippen LogP contribution in [0.4, 0.5) is 0 Å². The summed E-state index contributed by atoms with van der Waals surface area (Å²) in [5.74, 6) is 3.08. The minimum absolute atomic E-state index is 0.579. The van der Waals surface area contributed by atoms with Gasteiger partial charge in [0.1, 0.15) is 19.0 Å². The molecule has 0 saturated heterocycles. The van der Waals surface area contributed by atoms with Gasteiger partial charge in [-0.25, -0.2) is 15.0 Å². The Bertz CT molecular complexity index is 1220. The molecule has 2 aromatic carbocycles. The molecule has 6 nitrogen and oxygen atoms in total. The molecule has 0 radical (unpaired) electrons. The van der Waals surface area contributed by atoms with Crippen molar-refractivity contribution in [2.75, 3.05) is 13.2 Å². The number of ether oxygens (including phenoxy) is 2. The molecule has 152 valence electrons. The lowest BCUT2D eigenvalue weighted by molar-refractivity contribution is 0.171. The van der Waals surface area contributed by atoms with Gasteiger partial charge in [0.2, 0.25) is 0 Å². The normalized spacial score (nSPS) is 13.0. The van der Waals surface area contributed by atoms with Crippen molar-refractivity contribution in [2.24, 2.45) is 0 Å². The zero-order valence-corrected chi connectivity index (χ0v) is 17.8. The number of para-hydroxylation sites is 1. The van der Waals surface area contributed by atoms with Crippen LogP contribution < -0.4 is 9.47 Å². The molecule has 3 heterocycles. The van der Waals surface area contributed by atoms with E-state index in [2.05, 4.69) is 33.6 Å². The van der Waals surface area contributed by atoms with Crippen molar-refractivity contribution < 1.29 is 9.47 Å². The highest BCUT2D eigenvalue weighted by Gasteiger charge is 2.16. The van der Waals surface area contributed by atoms with Gasteiger partial charge >= 0.3 is 0 Å². The fraction of sp³-hybridized carbons (Fsp3) is 0.261. The lowest BCUT2D eigenvalue weighted by Gasteiger charge is -2.19. The van der Waals surface area contributed by atoms with E-state index in [0.717, 1.165) is 56.9 Å². The van der Waals surface area contributed by atoms with Crippen molar-refractivity contribution in [3.05, 3.63) is 60.2 Å². The van der Waals surface area contributed by atoms with Crippen molar-refractivity contribution in [2.45, 2.75) is 31.3 Å². The van der Waals surface area contributed by atoms with Crippen molar-refractivity contribution in [1.82, 2.24) is 19.5 Å². The molecule has 30 heavy (non-hydrogen) atoms. The number of benzene rings is 2. The Morgan fingerprint density at radius 2 is 1.87 bits per heavy atom. The van der Waals surface area contributed by atoms with Crippen LogP contribution in [0.5, 0.6) is 11.5 Å². The number of hydrogen-bond donors (Lipinski definition) is 0. The van der Waals surface area contributed by atoms with E-state index in [1.165, 1.54) is 0 Å². The van der Waals surface area contributed by atoms with E-state index in [0.29, 0.717) is 19.0 Å². The van der Waals surface area contributed by atoms with Gasteiger partial charge < -0.3 is 14.0 Å². The summed E-state index contributed by atoms with van der Waals surface area (Å²) in [6.45, 7) is 6.16. The number of rotatable bonds is 5. The largest absolute Gasteiger partial charge is 0.486 e. The summed E-state index contributed by atoms with van der Waals surface area (Å²) in [4.78, 5) is 14.1. The van der Waals surface area contributed by atoms with Crippen LogP contribution in [0, 0.1) is 6.92 Å². The lowest BCUT2D eigenvalue weighted by atomic mass is 10.1. The summed E-state index contributed by atoms with van der Waals surface area (Å²) in [5, 5.41) is 2.05. The third kappa shape index (κ3) is 3.50. The maximum absolute atomic E-state index is 5.74. The monoisotopic (exact) mass is 418 g/mol. The molecule has 0 N–H and O–H groups in total. The highest BCUT2D eigenvalue weighted by molar-refractivity contribution is 7.98. The van der Waals surface area contributed by atoms with Gasteiger partial charge in [-0.2, -0.15) is 0 Å². The standard InChI is InChI=1S/C23H22N4O2S/c1-3-27-19(16-8-9-20-21(12-16)29-11-10-28-20)13-24-23(27)30-14-22-25-15(2)17-6-4-5-7-18(17)26-22/h4-9,12-13H,3,10-11,14H2,1-2H3. The van der Waals surface area contributed by atoms with Crippen molar-refractivity contribution in [1.29, 1.82) is 0 Å². The first-order valence-electron chi connectivity index (χ1n) is 10.0. The molecule has 0 saturated carbocycles. The number of imidazole rings is 1. The van der Waals surface area contributed by atoms with E-state index in [9.17, 15) is 0 Å². The quantitative estimate of drug-likeness (QED) is 0.430. The summed E-state index contributed by atoms with van der Waals surface area (Å²) < 4.78 is 13.6. The Balaban J connectivity index is 1.41. The van der Waals surface area contributed by atoms with Crippen molar-refractivity contribution in [3.8, 4) is 22.8 Å². The van der Waals surface area contributed by atoms with Crippen LogP contribution >= 0.6 is 11.8 Å². The molecular weight excluding hydrogens is 396 g/mol. The first kappa shape index (κ1) is 18.9. The molecule has 7 heteroatoms. The fourth-order valence-corrected chi connectivity index (χ4v) is 4.60. The van der Waals surface area contributed by atoms with E-state index < -0.39 is 0 Å². The van der Waals surface area contributed by atoms with Gasteiger partial charge in [0, 0.05) is 23.2 Å². The average Bonchev–Trinajstić information content (AvgIpc) is 3.20. The van der Waals surface area contributed by atoms with E-state index in [4.69, 9.17) is 14.5 Å². The van der Waals surface area contributed by atoms with Gasteiger partial charge in [0.15, 0.2) is 16.7 Å². The van der Waals surface area contributed by atoms with Gasteiger partial charge in [-0.3, -0.25) is 0 Å². The van der Waals surface area contributed by atoms with Gasteiger partial charge in [0.25, 0.3) is 0 Å². The zero-order valence-electron chi connectivity index (χ0n) is 17.0. The number of thioether (sulfide) groups is 1. The molecule has 0 bridgehead atoms. The van der Waals surface area contributed by atoms with Gasteiger partial charge in [-0.1, -0.05) is 30.0 Å². The number of fused-ring (bicyclic) bond motifs is 2. The summed E-state index contributed by atoms with van der Waals surface area (Å²) in [6, 6.07) is 14.2. The highest BCUT2D eigenvalue weighted by Crippen LogP contribution is 2.36. The van der Waals surface area contributed by atoms with Crippen LogP contribution in [0.1, 0.15) is 18.4 Å². The molecule has 0 fully saturated rings.